The number of hydrogen-bond donors (Lipinski definition) is 2. The Labute approximate surface area is 171 Å². The van der Waals surface area contributed by atoms with Crippen LogP contribution in [-0.4, -0.2) is 36.3 Å². The molecule has 0 aliphatic carbocycles. The molecule has 11 nitrogen and oxygen atoms in total. The molecule has 11 heteroatoms. The normalized spacial score (nSPS) is 10.6. The van der Waals surface area contributed by atoms with Crippen molar-refractivity contribution < 1.29 is 14.5 Å². The molecule has 0 radical (unpaired) electrons. The number of aryl methyl sites for hydroxylation is 3. The first kappa shape index (κ1) is 20.7. The van der Waals surface area contributed by atoms with Gasteiger partial charge in [0.15, 0.2) is 5.69 Å². The van der Waals surface area contributed by atoms with E-state index in [-0.39, 0.29) is 30.5 Å². The predicted octanol–water partition coefficient (Wildman–Crippen LogP) is 2.42. The average Bonchev–Trinajstić information content (AvgIpc) is 3.24. The van der Waals surface area contributed by atoms with Crippen LogP contribution in [0.1, 0.15) is 28.3 Å². The summed E-state index contributed by atoms with van der Waals surface area (Å²) in [7, 11) is 1.73. The molecular formula is C19H21N7O4. The molecular weight excluding hydrogens is 390 g/mol. The van der Waals surface area contributed by atoms with E-state index in [0.717, 1.165) is 0 Å². The fraction of sp³-hybridized carbons (Fsp3) is 0.263. The van der Waals surface area contributed by atoms with Gasteiger partial charge >= 0.3 is 5.69 Å². The van der Waals surface area contributed by atoms with Gasteiger partial charge in [-0.15, -0.1) is 0 Å². The number of nitro groups is 1. The first-order chi connectivity index (χ1) is 14.2. The topological polar surface area (TPSA) is 137 Å². The molecule has 0 spiro atoms. The second kappa shape index (κ2) is 8.55. The Hall–Kier alpha value is -4.02. The van der Waals surface area contributed by atoms with E-state index in [1.807, 2.05) is 0 Å². The molecule has 3 rings (SSSR count). The number of nitrogens with one attached hydrogen (secondary N) is 2. The van der Waals surface area contributed by atoms with Gasteiger partial charge < -0.3 is 10.6 Å². The predicted molar refractivity (Wildman–Crippen MR) is 109 cm³/mol. The lowest BCUT2D eigenvalue weighted by molar-refractivity contribution is -0.386. The van der Waals surface area contributed by atoms with Gasteiger partial charge in [0.1, 0.15) is 11.4 Å². The van der Waals surface area contributed by atoms with Crippen LogP contribution in [-0.2, 0) is 18.4 Å². The standard InChI is InChI=1S/C19H21N7O4/c1-12-18(26(29)30)13(2)25(22-12)11-9-17(27)20-14-4-6-15(7-5-14)21-19(28)16-8-10-24(3)23-16/h4-8,10H,9,11H2,1-3H3,(H,20,27)(H,21,28). The van der Waals surface area contributed by atoms with Gasteiger partial charge in [-0.05, 0) is 44.2 Å². The Morgan fingerprint density at radius 2 is 1.70 bits per heavy atom. The summed E-state index contributed by atoms with van der Waals surface area (Å²) in [5.41, 5.74) is 2.14. The maximum Gasteiger partial charge on any atom is 0.312 e. The molecule has 2 amide bonds. The number of carbonyl (C=O) groups excluding carboxylic acids is 2. The van der Waals surface area contributed by atoms with Crippen molar-refractivity contribution in [2.75, 3.05) is 10.6 Å². The largest absolute Gasteiger partial charge is 0.326 e. The van der Waals surface area contributed by atoms with Crippen LogP contribution in [0.15, 0.2) is 36.5 Å². The maximum atomic E-state index is 12.2. The van der Waals surface area contributed by atoms with Crippen molar-refractivity contribution in [3.8, 4) is 0 Å². The summed E-state index contributed by atoms with van der Waals surface area (Å²) >= 11 is 0. The molecule has 30 heavy (non-hydrogen) atoms. The quantitative estimate of drug-likeness (QED) is 0.452. The Kier molecular flexibility index (Phi) is 5.90. The number of rotatable bonds is 7. The second-order valence-electron chi connectivity index (χ2n) is 6.70. The molecule has 3 aromatic rings. The molecule has 0 fully saturated rings. The highest BCUT2D eigenvalue weighted by Gasteiger charge is 2.21. The minimum atomic E-state index is -0.470. The van der Waals surface area contributed by atoms with Crippen LogP contribution in [0.2, 0.25) is 0 Å². The van der Waals surface area contributed by atoms with Crippen molar-refractivity contribution in [3.05, 3.63) is 63.7 Å². The highest BCUT2D eigenvalue weighted by molar-refractivity contribution is 6.03. The van der Waals surface area contributed by atoms with E-state index >= 15 is 0 Å². The van der Waals surface area contributed by atoms with E-state index < -0.39 is 4.92 Å². The van der Waals surface area contributed by atoms with Crippen LogP contribution in [0, 0.1) is 24.0 Å². The molecule has 2 heterocycles. The van der Waals surface area contributed by atoms with Gasteiger partial charge in [0.05, 0.1) is 11.5 Å². The lowest BCUT2D eigenvalue weighted by Crippen LogP contribution is -2.16. The molecule has 0 saturated heterocycles. The van der Waals surface area contributed by atoms with Crippen molar-refractivity contribution in [1.29, 1.82) is 0 Å². The fourth-order valence-corrected chi connectivity index (χ4v) is 2.97. The van der Waals surface area contributed by atoms with Crippen molar-refractivity contribution >= 4 is 28.9 Å². The van der Waals surface area contributed by atoms with Gasteiger partial charge in [-0.2, -0.15) is 10.2 Å². The van der Waals surface area contributed by atoms with Crippen molar-refractivity contribution in [1.82, 2.24) is 19.6 Å². The fourth-order valence-electron chi connectivity index (χ4n) is 2.97. The van der Waals surface area contributed by atoms with E-state index in [9.17, 15) is 19.7 Å². The number of nitrogens with zero attached hydrogens (tertiary/aromatic N) is 5. The van der Waals surface area contributed by atoms with E-state index in [1.54, 1.807) is 57.4 Å². The lowest BCUT2D eigenvalue weighted by atomic mass is 10.2. The van der Waals surface area contributed by atoms with Gasteiger partial charge in [-0.25, -0.2) is 0 Å². The molecule has 0 bridgehead atoms. The van der Waals surface area contributed by atoms with Gasteiger partial charge in [-0.3, -0.25) is 29.1 Å². The Bertz CT molecular complexity index is 1100. The zero-order valence-electron chi connectivity index (χ0n) is 16.7. The lowest BCUT2D eigenvalue weighted by Gasteiger charge is -2.08. The summed E-state index contributed by atoms with van der Waals surface area (Å²) in [6.45, 7) is 3.40. The molecule has 2 aromatic heterocycles. The Morgan fingerprint density at radius 1 is 1.07 bits per heavy atom. The number of anilines is 2. The number of aromatic nitrogens is 4. The van der Waals surface area contributed by atoms with Crippen molar-refractivity contribution in [2.45, 2.75) is 26.8 Å². The number of benzene rings is 1. The summed E-state index contributed by atoms with van der Waals surface area (Å²) in [6, 6.07) is 8.28. The van der Waals surface area contributed by atoms with Crippen molar-refractivity contribution in [3.63, 3.8) is 0 Å². The van der Waals surface area contributed by atoms with Crippen LogP contribution in [0.5, 0.6) is 0 Å². The molecule has 2 N–H and O–H groups in total. The molecule has 1 aromatic carbocycles. The maximum absolute atomic E-state index is 12.2. The average molecular weight is 411 g/mol. The van der Waals surface area contributed by atoms with E-state index in [2.05, 4.69) is 20.8 Å². The minimum Gasteiger partial charge on any atom is -0.326 e. The third kappa shape index (κ3) is 4.69. The second-order valence-corrected chi connectivity index (χ2v) is 6.70. The summed E-state index contributed by atoms with van der Waals surface area (Å²) in [5, 5.41) is 24.7. The Morgan fingerprint density at radius 3 is 2.23 bits per heavy atom. The van der Waals surface area contributed by atoms with Gasteiger partial charge in [-0.1, -0.05) is 0 Å². The zero-order chi connectivity index (χ0) is 21.8. The van der Waals surface area contributed by atoms with Crippen LogP contribution in [0.4, 0.5) is 17.1 Å². The smallest absolute Gasteiger partial charge is 0.312 e. The van der Waals surface area contributed by atoms with Crippen LogP contribution >= 0.6 is 0 Å². The van der Waals surface area contributed by atoms with E-state index in [0.29, 0.717) is 28.5 Å². The summed E-state index contributed by atoms with van der Waals surface area (Å²) in [5.74, 6) is -0.582. The van der Waals surface area contributed by atoms with Crippen LogP contribution in [0.25, 0.3) is 0 Å². The molecule has 0 unspecified atom stereocenters. The van der Waals surface area contributed by atoms with Crippen molar-refractivity contribution in [2.24, 2.45) is 7.05 Å². The highest BCUT2D eigenvalue weighted by atomic mass is 16.6. The molecule has 0 aliphatic rings. The van der Waals surface area contributed by atoms with Gasteiger partial charge in [0.2, 0.25) is 5.91 Å². The molecule has 0 aliphatic heterocycles. The SMILES string of the molecule is Cc1nn(CCC(=O)Nc2ccc(NC(=O)c3ccn(C)n3)cc2)c(C)c1[N+](=O)[O-]. The van der Waals surface area contributed by atoms with E-state index in [4.69, 9.17) is 0 Å². The van der Waals surface area contributed by atoms with E-state index in [1.165, 1.54) is 9.36 Å². The van der Waals surface area contributed by atoms with Crippen LogP contribution < -0.4 is 10.6 Å². The third-order valence-electron chi connectivity index (χ3n) is 4.45. The number of hydrogen-bond acceptors (Lipinski definition) is 6. The molecule has 0 saturated carbocycles. The zero-order valence-corrected chi connectivity index (χ0v) is 16.7. The minimum absolute atomic E-state index is 0.0289. The summed E-state index contributed by atoms with van der Waals surface area (Å²) < 4.78 is 3.00. The highest BCUT2D eigenvalue weighted by Crippen LogP contribution is 2.22. The Balaban J connectivity index is 1.54. The first-order valence-electron chi connectivity index (χ1n) is 9.14. The van der Waals surface area contributed by atoms with Gasteiger partial charge in [0.25, 0.3) is 5.91 Å². The molecule has 0 atom stereocenters. The monoisotopic (exact) mass is 411 g/mol. The third-order valence-corrected chi connectivity index (χ3v) is 4.45. The molecule has 156 valence electrons. The number of amides is 2. The first-order valence-corrected chi connectivity index (χ1v) is 9.14. The van der Waals surface area contributed by atoms with Gasteiger partial charge in [0, 0.05) is 31.0 Å². The van der Waals surface area contributed by atoms with Crippen LogP contribution in [0.3, 0.4) is 0 Å². The summed E-state index contributed by atoms with van der Waals surface area (Å²) in [6.07, 6.45) is 1.79. The number of carbonyl (C=O) groups is 2. The summed E-state index contributed by atoms with van der Waals surface area (Å²) in [4.78, 5) is 34.9.